The largest absolute Gasteiger partial charge is 0.337 e. The van der Waals surface area contributed by atoms with Crippen molar-refractivity contribution >= 4 is 18.3 Å². The Kier molecular flexibility index (Phi) is 5.44. The van der Waals surface area contributed by atoms with Crippen LogP contribution in [0.4, 0.5) is 0 Å². The van der Waals surface area contributed by atoms with Gasteiger partial charge in [-0.05, 0) is 57.7 Å². The van der Waals surface area contributed by atoms with Gasteiger partial charge in [0.15, 0.2) is 0 Å². The number of likely N-dealkylation sites (tertiary alicyclic amines) is 1. The highest BCUT2D eigenvalue weighted by atomic mass is 35.5. The van der Waals surface area contributed by atoms with Gasteiger partial charge in [-0.1, -0.05) is 18.2 Å². The minimum absolute atomic E-state index is 0. The van der Waals surface area contributed by atoms with Gasteiger partial charge in [0.1, 0.15) is 0 Å². The standard InChI is InChI=1S/C21H27N3O.ClH/c1-14-6-4-5-7-20(14)24-15(2)12-19(16(24)3)21(25)23-11-10-17-8-9-18(13-23)22-17;/h4-7,12,17-18,22H,8-11,13H2,1-3H3;1H. The van der Waals surface area contributed by atoms with Crippen molar-refractivity contribution in [3.8, 4) is 5.69 Å². The Morgan fingerprint density at radius 3 is 2.58 bits per heavy atom. The first-order valence-electron chi connectivity index (χ1n) is 9.35. The molecule has 2 aliphatic rings. The van der Waals surface area contributed by atoms with Gasteiger partial charge in [-0.2, -0.15) is 0 Å². The van der Waals surface area contributed by atoms with E-state index in [9.17, 15) is 4.79 Å². The third-order valence-electron chi connectivity index (χ3n) is 5.83. The third kappa shape index (κ3) is 3.28. The number of benzene rings is 1. The van der Waals surface area contributed by atoms with Crippen LogP contribution in [0.5, 0.6) is 0 Å². The normalized spacial score (nSPS) is 22.0. The monoisotopic (exact) mass is 373 g/mol. The first-order chi connectivity index (χ1) is 12.0. The summed E-state index contributed by atoms with van der Waals surface area (Å²) in [7, 11) is 0. The molecule has 2 fully saturated rings. The Morgan fingerprint density at radius 1 is 1.08 bits per heavy atom. The van der Waals surface area contributed by atoms with Crippen LogP contribution in [0.15, 0.2) is 30.3 Å². The number of halogens is 1. The number of aryl methyl sites for hydroxylation is 2. The van der Waals surface area contributed by atoms with E-state index >= 15 is 0 Å². The Morgan fingerprint density at radius 2 is 1.81 bits per heavy atom. The van der Waals surface area contributed by atoms with Crippen molar-refractivity contribution in [3.63, 3.8) is 0 Å². The fraction of sp³-hybridized carbons (Fsp3) is 0.476. The number of carbonyl (C=O) groups is 1. The molecule has 1 amide bonds. The number of nitrogens with one attached hydrogen (secondary N) is 1. The third-order valence-corrected chi connectivity index (χ3v) is 5.83. The van der Waals surface area contributed by atoms with Crippen molar-refractivity contribution < 1.29 is 4.79 Å². The van der Waals surface area contributed by atoms with Gasteiger partial charge in [-0.15, -0.1) is 12.4 Å². The molecule has 26 heavy (non-hydrogen) atoms. The molecular weight excluding hydrogens is 346 g/mol. The first-order valence-corrected chi connectivity index (χ1v) is 9.35. The SMILES string of the molecule is Cc1ccccc1-n1c(C)cc(C(=O)N2CCC3CCC(C2)N3)c1C.Cl. The van der Waals surface area contributed by atoms with Crippen LogP contribution in [0.3, 0.4) is 0 Å². The van der Waals surface area contributed by atoms with Crippen LogP contribution >= 0.6 is 12.4 Å². The summed E-state index contributed by atoms with van der Waals surface area (Å²) < 4.78 is 2.21. The average Bonchev–Trinajstić information content (AvgIpc) is 3.07. The maximum Gasteiger partial charge on any atom is 0.255 e. The molecule has 1 aromatic carbocycles. The molecule has 3 heterocycles. The number of hydrogen-bond donors (Lipinski definition) is 1. The highest BCUT2D eigenvalue weighted by molar-refractivity contribution is 5.96. The Balaban J connectivity index is 0.00000196. The van der Waals surface area contributed by atoms with Gasteiger partial charge in [0.25, 0.3) is 5.91 Å². The number of aromatic nitrogens is 1. The number of fused-ring (bicyclic) bond motifs is 2. The minimum atomic E-state index is 0. The maximum absolute atomic E-state index is 13.2. The van der Waals surface area contributed by atoms with Gasteiger partial charge in [0.2, 0.25) is 0 Å². The molecule has 2 saturated heterocycles. The van der Waals surface area contributed by atoms with E-state index in [0.717, 1.165) is 42.1 Å². The average molecular weight is 374 g/mol. The summed E-state index contributed by atoms with van der Waals surface area (Å²) in [5.41, 5.74) is 5.38. The summed E-state index contributed by atoms with van der Waals surface area (Å²) >= 11 is 0. The molecule has 0 spiro atoms. The minimum Gasteiger partial charge on any atom is -0.337 e. The lowest BCUT2D eigenvalue weighted by Crippen LogP contribution is -2.39. The molecule has 0 saturated carbocycles. The molecule has 2 aliphatic heterocycles. The molecule has 2 unspecified atom stereocenters. The highest BCUT2D eigenvalue weighted by Crippen LogP contribution is 2.26. The second kappa shape index (κ2) is 7.45. The summed E-state index contributed by atoms with van der Waals surface area (Å²) in [5, 5.41) is 3.65. The molecule has 4 rings (SSSR count). The highest BCUT2D eigenvalue weighted by Gasteiger charge is 2.32. The van der Waals surface area contributed by atoms with E-state index in [1.165, 1.54) is 18.4 Å². The summed E-state index contributed by atoms with van der Waals surface area (Å²) in [6.45, 7) is 7.97. The first kappa shape index (κ1) is 19.0. The van der Waals surface area contributed by atoms with Crippen molar-refractivity contribution in [1.82, 2.24) is 14.8 Å². The molecule has 140 valence electrons. The molecule has 0 radical (unpaired) electrons. The van der Waals surface area contributed by atoms with Crippen molar-refractivity contribution in [2.24, 2.45) is 0 Å². The molecule has 4 nitrogen and oxygen atoms in total. The van der Waals surface area contributed by atoms with Gasteiger partial charge in [-0.3, -0.25) is 4.79 Å². The van der Waals surface area contributed by atoms with Crippen LogP contribution in [0, 0.1) is 20.8 Å². The van der Waals surface area contributed by atoms with Crippen LogP contribution in [-0.4, -0.2) is 40.5 Å². The zero-order valence-corrected chi connectivity index (χ0v) is 16.6. The van der Waals surface area contributed by atoms with Crippen molar-refractivity contribution in [3.05, 3.63) is 52.8 Å². The summed E-state index contributed by atoms with van der Waals surface area (Å²) in [6, 6.07) is 11.5. The van der Waals surface area contributed by atoms with E-state index in [1.54, 1.807) is 0 Å². The van der Waals surface area contributed by atoms with E-state index in [1.807, 2.05) is 0 Å². The summed E-state index contributed by atoms with van der Waals surface area (Å²) in [4.78, 5) is 15.3. The molecule has 5 heteroatoms. The van der Waals surface area contributed by atoms with E-state index in [4.69, 9.17) is 0 Å². The second-order valence-corrected chi connectivity index (χ2v) is 7.58. The van der Waals surface area contributed by atoms with E-state index < -0.39 is 0 Å². The molecule has 1 aromatic heterocycles. The fourth-order valence-electron chi connectivity index (χ4n) is 4.46. The Labute approximate surface area is 162 Å². The number of para-hydroxylation sites is 1. The Bertz CT molecular complexity index is 814. The van der Waals surface area contributed by atoms with Crippen LogP contribution in [0.25, 0.3) is 5.69 Å². The molecule has 2 bridgehead atoms. The number of rotatable bonds is 2. The topological polar surface area (TPSA) is 37.3 Å². The lowest BCUT2D eigenvalue weighted by Gasteiger charge is -2.24. The summed E-state index contributed by atoms with van der Waals surface area (Å²) in [6.07, 6.45) is 3.52. The van der Waals surface area contributed by atoms with E-state index in [-0.39, 0.29) is 18.3 Å². The number of hydrogen-bond acceptors (Lipinski definition) is 2. The predicted molar refractivity (Wildman–Crippen MR) is 108 cm³/mol. The molecular formula is C21H28ClN3O. The Hall–Kier alpha value is -1.78. The zero-order valence-electron chi connectivity index (χ0n) is 15.8. The van der Waals surface area contributed by atoms with E-state index in [2.05, 4.69) is 65.9 Å². The van der Waals surface area contributed by atoms with Gasteiger partial charge >= 0.3 is 0 Å². The number of carbonyl (C=O) groups excluding carboxylic acids is 1. The fourth-order valence-corrected chi connectivity index (χ4v) is 4.46. The maximum atomic E-state index is 13.2. The van der Waals surface area contributed by atoms with Crippen LogP contribution in [0.1, 0.15) is 46.6 Å². The van der Waals surface area contributed by atoms with E-state index in [0.29, 0.717) is 12.1 Å². The van der Waals surface area contributed by atoms with Crippen molar-refractivity contribution in [2.45, 2.75) is 52.1 Å². The number of amides is 1. The second-order valence-electron chi connectivity index (χ2n) is 7.58. The molecule has 2 atom stereocenters. The molecule has 2 aromatic rings. The predicted octanol–water partition coefficient (Wildman–Crippen LogP) is 3.79. The van der Waals surface area contributed by atoms with Gasteiger partial charge in [0, 0.05) is 42.2 Å². The smallest absolute Gasteiger partial charge is 0.255 e. The lowest BCUT2D eigenvalue weighted by molar-refractivity contribution is 0.0747. The lowest BCUT2D eigenvalue weighted by atomic mass is 10.1. The quantitative estimate of drug-likeness (QED) is 0.869. The number of nitrogens with zero attached hydrogens (tertiary/aromatic N) is 2. The molecule has 1 N–H and O–H groups in total. The van der Waals surface area contributed by atoms with Crippen molar-refractivity contribution in [2.75, 3.05) is 13.1 Å². The molecule has 0 aliphatic carbocycles. The van der Waals surface area contributed by atoms with Gasteiger partial charge in [0.05, 0.1) is 5.56 Å². The van der Waals surface area contributed by atoms with Gasteiger partial charge in [-0.25, -0.2) is 0 Å². The van der Waals surface area contributed by atoms with Crippen LogP contribution in [-0.2, 0) is 0 Å². The van der Waals surface area contributed by atoms with Crippen molar-refractivity contribution in [1.29, 1.82) is 0 Å². The summed E-state index contributed by atoms with van der Waals surface area (Å²) in [5.74, 6) is 0.183. The van der Waals surface area contributed by atoms with Crippen LogP contribution in [0.2, 0.25) is 0 Å². The van der Waals surface area contributed by atoms with Gasteiger partial charge < -0.3 is 14.8 Å². The zero-order chi connectivity index (χ0) is 17.6. The van der Waals surface area contributed by atoms with Crippen LogP contribution < -0.4 is 5.32 Å².